The third kappa shape index (κ3) is 4.43. The minimum absolute atomic E-state index is 0.0340. The third-order valence-electron chi connectivity index (χ3n) is 1.90. The molecule has 0 aromatic carbocycles. The molecule has 18 heavy (non-hydrogen) atoms. The number of hydrogen-bond acceptors (Lipinski definition) is 3. The molecular weight excluding hydrogens is 245 g/mol. The van der Waals surface area contributed by atoms with E-state index in [1.807, 2.05) is 0 Å². The van der Waals surface area contributed by atoms with Gasteiger partial charge in [0.2, 0.25) is 5.88 Å². The van der Waals surface area contributed by atoms with Crippen molar-refractivity contribution in [3.8, 4) is 5.88 Å². The second-order valence-corrected chi connectivity index (χ2v) is 4.82. The van der Waals surface area contributed by atoms with E-state index in [-0.39, 0.29) is 11.7 Å². The first-order valence-electron chi connectivity index (χ1n) is 5.64. The Morgan fingerprint density at radius 1 is 1.22 bits per heavy atom. The van der Waals surface area contributed by atoms with E-state index < -0.39 is 17.3 Å². The topological polar surface area (TPSA) is 34.1 Å². The quantitative estimate of drug-likeness (QED) is 0.901. The number of anilines is 1. The molecule has 102 valence electrons. The van der Waals surface area contributed by atoms with Gasteiger partial charge in [-0.3, -0.25) is 0 Å². The van der Waals surface area contributed by atoms with Gasteiger partial charge in [0.1, 0.15) is 11.4 Å². The van der Waals surface area contributed by atoms with Crippen molar-refractivity contribution in [3.05, 3.63) is 17.7 Å². The highest BCUT2D eigenvalue weighted by molar-refractivity contribution is 5.42. The van der Waals surface area contributed by atoms with Gasteiger partial charge in [0, 0.05) is 12.6 Å². The van der Waals surface area contributed by atoms with E-state index in [1.54, 1.807) is 27.7 Å². The van der Waals surface area contributed by atoms with Crippen LogP contribution in [-0.2, 0) is 6.18 Å². The average molecular weight is 262 g/mol. The van der Waals surface area contributed by atoms with Crippen LogP contribution in [0.4, 0.5) is 19.0 Å². The molecule has 1 rings (SSSR count). The number of nitrogens with one attached hydrogen (secondary N) is 1. The Kier molecular flexibility index (Phi) is 4.09. The number of hydrogen-bond donors (Lipinski definition) is 1. The standard InChI is InChI=1S/C12H17F3N2O/c1-5-16-9-6-8(12(13,14)15)7-10(17-9)18-11(2,3)4/h6-7H,5H2,1-4H3,(H,16,17). The van der Waals surface area contributed by atoms with Crippen LogP contribution in [0.3, 0.4) is 0 Å². The summed E-state index contributed by atoms with van der Waals surface area (Å²) >= 11 is 0. The zero-order valence-corrected chi connectivity index (χ0v) is 10.9. The first-order chi connectivity index (χ1) is 8.12. The van der Waals surface area contributed by atoms with Crippen LogP contribution in [0.2, 0.25) is 0 Å². The number of aromatic nitrogens is 1. The zero-order valence-electron chi connectivity index (χ0n) is 10.9. The van der Waals surface area contributed by atoms with Crippen LogP contribution >= 0.6 is 0 Å². The Hall–Kier alpha value is -1.46. The van der Waals surface area contributed by atoms with Crippen molar-refractivity contribution in [2.24, 2.45) is 0 Å². The Labute approximate surface area is 104 Å². The fourth-order valence-electron chi connectivity index (χ4n) is 1.31. The molecule has 6 heteroatoms. The molecule has 0 radical (unpaired) electrons. The monoisotopic (exact) mass is 262 g/mol. The maximum absolute atomic E-state index is 12.7. The van der Waals surface area contributed by atoms with Gasteiger partial charge in [-0.1, -0.05) is 0 Å². The van der Waals surface area contributed by atoms with Gasteiger partial charge in [-0.2, -0.15) is 18.2 Å². The summed E-state index contributed by atoms with van der Waals surface area (Å²) in [6, 6.07) is 1.88. The first kappa shape index (κ1) is 14.6. The third-order valence-corrected chi connectivity index (χ3v) is 1.90. The van der Waals surface area contributed by atoms with Crippen molar-refractivity contribution in [1.82, 2.24) is 4.98 Å². The lowest BCUT2D eigenvalue weighted by molar-refractivity contribution is -0.137. The number of pyridine rings is 1. The summed E-state index contributed by atoms with van der Waals surface area (Å²) in [6.45, 7) is 7.53. The molecule has 3 nitrogen and oxygen atoms in total. The molecule has 0 bridgehead atoms. The summed E-state index contributed by atoms with van der Waals surface area (Å²) in [6.07, 6.45) is -4.41. The summed E-state index contributed by atoms with van der Waals surface area (Å²) in [4.78, 5) is 3.99. The summed E-state index contributed by atoms with van der Waals surface area (Å²) in [5.74, 6) is 0.125. The zero-order chi connectivity index (χ0) is 14.0. The van der Waals surface area contributed by atoms with Crippen molar-refractivity contribution in [3.63, 3.8) is 0 Å². The van der Waals surface area contributed by atoms with Crippen LogP contribution in [0.5, 0.6) is 5.88 Å². The molecule has 0 aliphatic carbocycles. The van der Waals surface area contributed by atoms with Crippen molar-refractivity contribution < 1.29 is 17.9 Å². The van der Waals surface area contributed by atoms with Crippen molar-refractivity contribution in [2.45, 2.75) is 39.5 Å². The summed E-state index contributed by atoms with van der Waals surface area (Å²) < 4.78 is 43.5. The Morgan fingerprint density at radius 2 is 1.83 bits per heavy atom. The lowest BCUT2D eigenvalue weighted by Gasteiger charge is -2.21. The number of rotatable bonds is 3. The number of nitrogens with zero attached hydrogens (tertiary/aromatic N) is 1. The lowest BCUT2D eigenvalue weighted by atomic mass is 10.2. The van der Waals surface area contributed by atoms with E-state index in [4.69, 9.17) is 4.74 Å². The van der Waals surface area contributed by atoms with Gasteiger partial charge in [-0.15, -0.1) is 0 Å². The Bertz CT molecular complexity index is 411. The molecule has 1 aromatic rings. The molecule has 0 aliphatic heterocycles. The van der Waals surface area contributed by atoms with Gasteiger partial charge in [0.05, 0.1) is 5.56 Å². The number of ether oxygens (including phenoxy) is 1. The number of halogens is 3. The van der Waals surface area contributed by atoms with Crippen LogP contribution < -0.4 is 10.1 Å². The summed E-state index contributed by atoms with van der Waals surface area (Å²) in [5.41, 5.74) is -1.37. The normalized spacial score (nSPS) is 12.4. The lowest BCUT2D eigenvalue weighted by Crippen LogP contribution is -2.24. The van der Waals surface area contributed by atoms with E-state index in [9.17, 15) is 13.2 Å². The molecule has 1 heterocycles. The van der Waals surface area contributed by atoms with E-state index in [2.05, 4.69) is 10.3 Å². The highest BCUT2D eigenvalue weighted by Gasteiger charge is 2.32. The van der Waals surface area contributed by atoms with Crippen LogP contribution in [0.1, 0.15) is 33.3 Å². The minimum Gasteiger partial charge on any atom is -0.472 e. The first-order valence-corrected chi connectivity index (χ1v) is 5.64. The van der Waals surface area contributed by atoms with E-state index in [0.29, 0.717) is 6.54 Å². The molecule has 0 fully saturated rings. The molecule has 0 aliphatic rings. The second kappa shape index (κ2) is 5.04. The molecular formula is C12H17F3N2O. The molecule has 1 N–H and O–H groups in total. The van der Waals surface area contributed by atoms with Crippen LogP contribution in [0.15, 0.2) is 12.1 Å². The fourth-order valence-corrected chi connectivity index (χ4v) is 1.31. The van der Waals surface area contributed by atoms with Gasteiger partial charge in [0.15, 0.2) is 0 Å². The maximum Gasteiger partial charge on any atom is 0.416 e. The predicted octanol–water partition coefficient (Wildman–Crippen LogP) is 3.71. The van der Waals surface area contributed by atoms with Crippen molar-refractivity contribution in [2.75, 3.05) is 11.9 Å². The van der Waals surface area contributed by atoms with Crippen molar-refractivity contribution in [1.29, 1.82) is 0 Å². The predicted molar refractivity (Wildman–Crippen MR) is 63.8 cm³/mol. The van der Waals surface area contributed by atoms with Gasteiger partial charge in [-0.05, 0) is 33.8 Å². The average Bonchev–Trinajstić information content (AvgIpc) is 2.13. The molecule has 0 spiro atoms. The fraction of sp³-hybridized carbons (Fsp3) is 0.583. The number of alkyl halides is 3. The Morgan fingerprint density at radius 3 is 2.28 bits per heavy atom. The van der Waals surface area contributed by atoms with Gasteiger partial charge in [-0.25, -0.2) is 0 Å². The van der Waals surface area contributed by atoms with E-state index in [1.165, 1.54) is 0 Å². The molecule has 1 aromatic heterocycles. The summed E-state index contributed by atoms with van der Waals surface area (Å²) in [7, 11) is 0. The van der Waals surface area contributed by atoms with Crippen LogP contribution in [0, 0.1) is 0 Å². The van der Waals surface area contributed by atoms with Gasteiger partial charge >= 0.3 is 6.18 Å². The largest absolute Gasteiger partial charge is 0.472 e. The molecule has 0 unspecified atom stereocenters. The maximum atomic E-state index is 12.7. The van der Waals surface area contributed by atoms with Crippen molar-refractivity contribution >= 4 is 5.82 Å². The smallest absolute Gasteiger partial charge is 0.416 e. The molecule has 0 amide bonds. The van der Waals surface area contributed by atoms with Gasteiger partial charge < -0.3 is 10.1 Å². The van der Waals surface area contributed by atoms with E-state index in [0.717, 1.165) is 12.1 Å². The van der Waals surface area contributed by atoms with Crippen LogP contribution in [0.25, 0.3) is 0 Å². The highest BCUT2D eigenvalue weighted by Crippen LogP contribution is 2.33. The van der Waals surface area contributed by atoms with Gasteiger partial charge in [0.25, 0.3) is 0 Å². The van der Waals surface area contributed by atoms with E-state index >= 15 is 0 Å². The summed E-state index contributed by atoms with van der Waals surface area (Å²) in [5, 5.41) is 2.76. The van der Waals surface area contributed by atoms with Crippen LogP contribution in [-0.4, -0.2) is 17.1 Å². The highest BCUT2D eigenvalue weighted by atomic mass is 19.4. The second-order valence-electron chi connectivity index (χ2n) is 4.82. The minimum atomic E-state index is -4.41. The molecule has 0 saturated heterocycles. The SMILES string of the molecule is CCNc1cc(C(F)(F)F)cc(OC(C)(C)C)n1. The molecule has 0 saturated carbocycles. The molecule has 0 atom stereocenters. The Balaban J connectivity index is 3.14.